The van der Waals surface area contributed by atoms with E-state index in [4.69, 9.17) is 8.92 Å². The molecule has 24 heavy (non-hydrogen) atoms. The quantitative estimate of drug-likeness (QED) is 0.545. The van der Waals surface area contributed by atoms with Gasteiger partial charge >= 0.3 is 25.8 Å². The van der Waals surface area contributed by atoms with Crippen LogP contribution in [-0.4, -0.2) is 60.4 Å². The minimum Gasteiger partial charge on any atom is -0.367 e. The Morgan fingerprint density at radius 2 is 1.67 bits per heavy atom. The van der Waals surface area contributed by atoms with Crippen molar-refractivity contribution < 1.29 is 51.5 Å². The van der Waals surface area contributed by atoms with Crippen molar-refractivity contribution in [2.75, 3.05) is 0 Å². The molecule has 0 amide bonds. The summed E-state index contributed by atoms with van der Waals surface area (Å²) in [5.74, 6) is -0.752. The molecule has 3 aliphatic heterocycles. The summed E-state index contributed by atoms with van der Waals surface area (Å²) in [4.78, 5) is 0. The summed E-state index contributed by atoms with van der Waals surface area (Å²) < 4.78 is 120. The molecule has 1 N–H and O–H groups in total. The highest BCUT2D eigenvalue weighted by atomic mass is 32.3. The maximum absolute atomic E-state index is 12.2. The van der Waals surface area contributed by atoms with Crippen molar-refractivity contribution in [2.24, 2.45) is 5.92 Å². The molecular weight excluding hydrogens is 407 g/mol. The van der Waals surface area contributed by atoms with Crippen LogP contribution in [0.5, 0.6) is 0 Å². The molecule has 0 aromatic rings. The number of hydrogen-bond acceptors (Lipinski definition) is 9. The minimum atomic E-state index is -6.22. The summed E-state index contributed by atoms with van der Waals surface area (Å²) >= 11 is 0. The second-order valence-corrected chi connectivity index (χ2v) is 10.4. The number of alkyl halides is 3. The summed E-state index contributed by atoms with van der Waals surface area (Å²) in [6.07, 6.45) is -5.10. The van der Waals surface area contributed by atoms with Gasteiger partial charge in [0.15, 0.2) is 0 Å². The number of halogens is 3. The topological polar surface area (TPSA) is 142 Å². The van der Waals surface area contributed by atoms with Gasteiger partial charge in [-0.2, -0.15) is 30.0 Å². The third-order valence-corrected chi connectivity index (χ3v) is 8.61. The third kappa shape index (κ3) is 2.63. The van der Waals surface area contributed by atoms with Gasteiger partial charge in [-0.05, 0) is 0 Å². The maximum atomic E-state index is 12.2. The van der Waals surface area contributed by atoms with Crippen molar-refractivity contribution >= 4 is 30.4 Å². The molecule has 6 atom stereocenters. The SMILES string of the molecule is CC1C2OC3C(OS(=O)(=O)C13)C2OS(=O)(=O)NS(=O)(=O)C(F)(F)F. The van der Waals surface area contributed by atoms with Crippen LogP contribution in [0, 0.1) is 5.92 Å². The molecule has 2 bridgehead atoms. The molecule has 6 unspecified atom stereocenters. The Bertz CT molecular complexity index is 864. The number of rotatable bonds is 4. The van der Waals surface area contributed by atoms with Gasteiger partial charge in [0.1, 0.15) is 23.6 Å². The van der Waals surface area contributed by atoms with E-state index >= 15 is 0 Å². The van der Waals surface area contributed by atoms with E-state index in [9.17, 15) is 38.4 Å². The second-order valence-electron chi connectivity index (χ2n) is 5.49. The van der Waals surface area contributed by atoms with Crippen LogP contribution < -0.4 is 4.13 Å². The lowest BCUT2D eigenvalue weighted by Crippen LogP contribution is -2.49. The number of ether oxygens (including phenoxy) is 1. The van der Waals surface area contributed by atoms with E-state index in [1.807, 2.05) is 0 Å². The molecule has 3 saturated heterocycles. The largest absolute Gasteiger partial charge is 0.512 e. The maximum Gasteiger partial charge on any atom is 0.512 e. The highest BCUT2D eigenvalue weighted by Gasteiger charge is 2.70. The second kappa shape index (κ2) is 5.01. The average Bonchev–Trinajstić information content (AvgIpc) is 2.89. The van der Waals surface area contributed by atoms with Crippen molar-refractivity contribution in [2.45, 2.75) is 42.1 Å². The number of nitrogens with one attached hydrogen (secondary N) is 1. The van der Waals surface area contributed by atoms with Gasteiger partial charge in [-0.15, -0.1) is 0 Å². The summed E-state index contributed by atoms with van der Waals surface area (Å²) in [6, 6.07) is 0. The molecule has 0 radical (unpaired) electrons. The lowest BCUT2D eigenvalue weighted by atomic mass is 9.86. The molecule has 0 saturated carbocycles. The fourth-order valence-electron chi connectivity index (χ4n) is 3.10. The summed E-state index contributed by atoms with van der Waals surface area (Å²) in [5.41, 5.74) is -5.87. The van der Waals surface area contributed by atoms with E-state index in [0.717, 1.165) is 0 Å². The van der Waals surface area contributed by atoms with Gasteiger partial charge < -0.3 is 4.74 Å². The first-order valence-corrected chi connectivity index (χ1v) is 10.6. The Kier molecular flexibility index (Phi) is 3.82. The molecule has 16 heteroatoms. The van der Waals surface area contributed by atoms with Crippen molar-refractivity contribution in [3.8, 4) is 0 Å². The molecule has 0 aliphatic carbocycles. The van der Waals surface area contributed by atoms with E-state index in [1.165, 1.54) is 6.92 Å². The normalized spacial score (nSPS) is 41.0. The first-order chi connectivity index (χ1) is 10.7. The lowest BCUT2D eigenvalue weighted by Gasteiger charge is -2.25. The summed E-state index contributed by atoms with van der Waals surface area (Å²) in [7, 11) is -15.7. The van der Waals surface area contributed by atoms with Crippen LogP contribution in [0.2, 0.25) is 0 Å². The van der Waals surface area contributed by atoms with E-state index in [1.54, 1.807) is 0 Å². The minimum absolute atomic E-state index is 0.389. The van der Waals surface area contributed by atoms with E-state index in [0.29, 0.717) is 4.13 Å². The van der Waals surface area contributed by atoms with Crippen LogP contribution in [0.4, 0.5) is 13.2 Å². The molecular formula is C8H10F3NO9S3. The molecule has 0 aromatic heterocycles. The van der Waals surface area contributed by atoms with Crippen LogP contribution >= 0.6 is 0 Å². The molecule has 3 heterocycles. The van der Waals surface area contributed by atoms with Gasteiger partial charge in [0.25, 0.3) is 10.1 Å². The monoisotopic (exact) mass is 417 g/mol. The first kappa shape index (κ1) is 18.3. The van der Waals surface area contributed by atoms with Crippen molar-refractivity contribution in [1.29, 1.82) is 0 Å². The molecule has 3 fully saturated rings. The van der Waals surface area contributed by atoms with Crippen molar-refractivity contribution in [1.82, 2.24) is 4.13 Å². The fraction of sp³-hybridized carbons (Fsp3) is 1.00. The fourth-order valence-corrected chi connectivity index (χ4v) is 7.10. The Balaban J connectivity index is 1.83. The molecule has 0 aromatic carbocycles. The third-order valence-electron chi connectivity index (χ3n) is 3.98. The zero-order valence-corrected chi connectivity index (χ0v) is 13.9. The molecule has 140 valence electrons. The van der Waals surface area contributed by atoms with Gasteiger partial charge in [0.05, 0.1) is 6.10 Å². The van der Waals surface area contributed by atoms with Crippen LogP contribution in [-0.2, 0) is 43.5 Å². The number of sulfonamides is 1. The zero-order chi connectivity index (χ0) is 18.3. The van der Waals surface area contributed by atoms with E-state index in [2.05, 4.69) is 4.18 Å². The zero-order valence-electron chi connectivity index (χ0n) is 11.5. The molecule has 10 nitrogen and oxygen atoms in total. The number of hydrogen-bond donors (Lipinski definition) is 1. The van der Waals surface area contributed by atoms with Crippen LogP contribution in [0.3, 0.4) is 0 Å². The van der Waals surface area contributed by atoms with E-state index in [-0.39, 0.29) is 0 Å². The van der Waals surface area contributed by atoms with Crippen LogP contribution in [0.15, 0.2) is 0 Å². The smallest absolute Gasteiger partial charge is 0.367 e. The Morgan fingerprint density at radius 3 is 2.21 bits per heavy atom. The highest BCUT2D eigenvalue weighted by molar-refractivity contribution is 8.03. The van der Waals surface area contributed by atoms with Gasteiger partial charge in [0, 0.05) is 5.92 Å². The Labute approximate surface area is 134 Å². The van der Waals surface area contributed by atoms with Gasteiger partial charge in [-0.25, -0.2) is 12.6 Å². The first-order valence-electron chi connectivity index (χ1n) is 6.27. The Morgan fingerprint density at radius 1 is 1.08 bits per heavy atom. The Hall–Kier alpha value is -0.520. The van der Waals surface area contributed by atoms with Gasteiger partial charge in [-0.1, -0.05) is 11.1 Å². The van der Waals surface area contributed by atoms with Gasteiger partial charge in [-0.3, -0.25) is 4.18 Å². The standard InChI is InChI=1S/C8H10F3NO9S3/c1-2-3-4(5-6(19-3)7(2)22(13,14)20-5)21-24(17,18)12-23(15,16)8(9,10)11/h2-7,12H,1H3. The molecule has 3 rings (SSSR count). The summed E-state index contributed by atoms with van der Waals surface area (Å²) in [6.45, 7) is 1.42. The van der Waals surface area contributed by atoms with Crippen LogP contribution in [0.1, 0.15) is 6.92 Å². The van der Waals surface area contributed by atoms with Crippen molar-refractivity contribution in [3.05, 3.63) is 0 Å². The number of fused-ring (bicyclic) bond motifs is 1. The van der Waals surface area contributed by atoms with Gasteiger partial charge in [0.2, 0.25) is 0 Å². The van der Waals surface area contributed by atoms with Crippen molar-refractivity contribution in [3.63, 3.8) is 0 Å². The lowest BCUT2D eigenvalue weighted by molar-refractivity contribution is -0.0443. The van der Waals surface area contributed by atoms with E-state index < -0.39 is 71.5 Å². The molecule has 0 spiro atoms. The molecule has 3 aliphatic rings. The summed E-state index contributed by atoms with van der Waals surface area (Å²) in [5, 5.41) is -1.04. The predicted octanol–water partition coefficient (Wildman–Crippen LogP) is -1.43. The average molecular weight is 417 g/mol. The van der Waals surface area contributed by atoms with Crippen LogP contribution in [0.25, 0.3) is 0 Å². The highest BCUT2D eigenvalue weighted by Crippen LogP contribution is 2.51. The predicted molar refractivity (Wildman–Crippen MR) is 67.3 cm³/mol.